The molecular formula is C15H25N3O. The molecule has 1 saturated carbocycles. The fraction of sp³-hybridized carbons (Fsp3) is 0.800. The summed E-state index contributed by atoms with van der Waals surface area (Å²) in [6.07, 6.45) is 6.34. The Morgan fingerprint density at radius 1 is 1.47 bits per heavy atom. The van der Waals surface area contributed by atoms with Crippen LogP contribution in [0.15, 0.2) is 16.3 Å². The highest BCUT2D eigenvalue weighted by Crippen LogP contribution is 2.50. The molecule has 0 saturated heterocycles. The van der Waals surface area contributed by atoms with Crippen LogP contribution in [0.25, 0.3) is 0 Å². The van der Waals surface area contributed by atoms with E-state index in [1.807, 2.05) is 0 Å². The number of aliphatic hydroxyl groups is 1. The molecule has 1 fully saturated rings. The van der Waals surface area contributed by atoms with E-state index in [0.717, 1.165) is 37.8 Å². The van der Waals surface area contributed by atoms with Crippen molar-refractivity contribution in [2.75, 3.05) is 0 Å². The van der Waals surface area contributed by atoms with E-state index in [-0.39, 0.29) is 6.04 Å². The first-order valence-corrected chi connectivity index (χ1v) is 7.63. The number of nitrogens with two attached hydrogens (primary N) is 1. The van der Waals surface area contributed by atoms with Crippen LogP contribution in [0.3, 0.4) is 0 Å². The van der Waals surface area contributed by atoms with Gasteiger partial charge in [0.1, 0.15) is 5.60 Å². The van der Waals surface area contributed by atoms with E-state index in [2.05, 4.69) is 24.2 Å². The number of nitrogens with zero attached hydrogens (tertiary/aromatic N) is 1. The molecule has 3 rings (SSSR count). The van der Waals surface area contributed by atoms with Crippen molar-refractivity contribution in [2.24, 2.45) is 22.6 Å². The van der Waals surface area contributed by atoms with Crippen LogP contribution >= 0.6 is 0 Å². The minimum Gasteiger partial charge on any atom is -0.383 e. The number of nitrogens with one attached hydrogen (secondary N) is 1. The number of unbranched alkanes of at least 4 members (excludes halogenated alkanes) is 1. The van der Waals surface area contributed by atoms with Gasteiger partial charge in [0.15, 0.2) is 5.96 Å². The Balaban J connectivity index is 2.01. The van der Waals surface area contributed by atoms with Crippen LogP contribution in [-0.2, 0) is 0 Å². The van der Waals surface area contributed by atoms with Crippen molar-refractivity contribution in [1.82, 2.24) is 5.32 Å². The van der Waals surface area contributed by atoms with Gasteiger partial charge in [-0.2, -0.15) is 0 Å². The number of hydrogen-bond donors (Lipinski definition) is 3. The lowest BCUT2D eigenvalue weighted by Crippen LogP contribution is -2.53. The van der Waals surface area contributed by atoms with Gasteiger partial charge < -0.3 is 16.2 Å². The van der Waals surface area contributed by atoms with Crippen molar-refractivity contribution in [2.45, 2.75) is 64.0 Å². The Morgan fingerprint density at radius 3 is 3.00 bits per heavy atom. The average Bonchev–Trinajstić information content (AvgIpc) is 2.77. The molecule has 0 aromatic carbocycles. The Labute approximate surface area is 115 Å². The fourth-order valence-corrected chi connectivity index (χ4v) is 4.14. The highest BCUT2D eigenvalue weighted by Gasteiger charge is 2.50. The summed E-state index contributed by atoms with van der Waals surface area (Å²) in [6.45, 7) is 4.34. The first kappa shape index (κ1) is 13.0. The monoisotopic (exact) mass is 263 g/mol. The van der Waals surface area contributed by atoms with Crippen LogP contribution in [0.4, 0.5) is 0 Å². The molecule has 4 atom stereocenters. The number of hydrogen-bond acceptors (Lipinski definition) is 4. The Morgan fingerprint density at radius 2 is 2.26 bits per heavy atom. The molecule has 0 radical (unpaired) electrons. The summed E-state index contributed by atoms with van der Waals surface area (Å²) >= 11 is 0. The quantitative estimate of drug-likeness (QED) is 0.728. The molecule has 106 valence electrons. The minimum absolute atomic E-state index is 0.224. The Bertz CT molecular complexity index is 443. The molecule has 1 heterocycles. The van der Waals surface area contributed by atoms with Gasteiger partial charge >= 0.3 is 0 Å². The summed E-state index contributed by atoms with van der Waals surface area (Å²) in [5, 5.41) is 14.4. The zero-order valence-electron chi connectivity index (χ0n) is 11.9. The highest BCUT2D eigenvalue weighted by atomic mass is 16.3. The van der Waals surface area contributed by atoms with Gasteiger partial charge in [-0.15, -0.1) is 0 Å². The van der Waals surface area contributed by atoms with E-state index < -0.39 is 5.60 Å². The van der Waals surface area contributed by atoms with E-state index in [4.69, 9.17) is 5.73 Å². The highest BCUT2D eigenvalue weighted by molar-refractivity contribution is 5.82. The number of guanidine groups is 1. The SMILES string of the molecule is CCCC[C@@]1(O)C2=C3[C@H](CC[C@H]3N=C(N)N2)C[C@@H]1C. The fourth-order valence-electron chi connectivity index (χ4n) is 4.14. The predicted octanol–water partition coefficient (Wildman–Crippen LogP) is 1.90. The molecule has 0 bridgehead atoms. The smallest absolute Gasteiger partial charge is 0.193 e. The summed E-state index contributed by atoms with van der Waals surface area (Å²) in [5.74, 6) is 1.37. The van der Waals surface area contributed by atoms with Gasteiger partial charge in [0.05, 0.1) is 11.7 Å². The lowest BCUT2D eigenvalue weighted by molar-refractivity contribution is -0.00855. The maximum absolute atomic E-state index is 11.2. The van der Waals surface area contributed by atoms with E-state index in [1.165, 1.54) is 12.0 Å². The van der Waals surface area contributed by atoms with Crippen LogP contribution in [0.5, 0.6) is 0 Å². The molecular weight excluding hydrogens is 238 g/mol. The van der Waals surface area contributed by atoms with Crippen molar-refractivity contribution in [3.05, 3.63) is 11.3 Å². The van der Waals surface area contributed by atoms with Gasteiger partial charge in [-0.05, 0) is 43.1 Å². The first-order valence-electron chi connectivity index (χ1n) is 7.63. The second-order valence-corrected chi connectivity index (χ2v) is 6.42. The summed E-state index contributed by atoms with van der Waals surface area (Å²) in [7, 11) is 0. The van der Waals surface area contributed by atoms with E-state index in [9.17, 15) is 5.11 Å². The van der Waals surface area contributed by atoms with Gasteiger partial charge in [0, 0.05) is 0 Å². The van der Waals surface area contributed by atoms with Gasteiger partial charge in [0.25, 0.3) is 0 Å². The average molecular weight is 263 g/mol. The zero-order chi connectivity index (χ0) is 13.6. The molecule has 0 spiro atoms. The van der Waals surface area contributed by atoms with Crippen LogP contribution in [-0.4, -0.2) is 22.7 Å². The summed E-state index contributed by atoms with van der Waals surface area (Å²) in [5.41, 5.74) is 7.54. The summed E-state index contributed by atoms with van der Waals surface area (Å²) < 4.78 is 0. The van der Waals surface area contributed by atoms with Crippen molar-refractivity contribution >= 4 is 5.96 Å². The molecule has 1 aliphatic heterocycles. The third kappa shape index (κ3) is 1.88. The van der Waals surface area contributed by atoms with Crippen LogP contribution in [0.2, 0.25) is 0 Å². The molecule has 0 aromatic heterocycles. The zero-order valence-corrected chi connectivity index (χ0v) is 11.9. The Hall–Kier alpha value is -1.03. The topological polar surface area (TPSA) is 70.6 Å². The van der Waals surface area contributed by atoms with Crippen molar-refractivity contribution in [3.63, 3.8) is 0 Å². The number of rotatable bonds is 3. The third-order valence-electron chi connectivity index (χ3n) is 5.22. The molecule has 19 heavy (non-hydrogen) atoms. The normalized spacial score (nSPS) is 40.8. The van der Waals surface area contributed by atoms with Crippen molar-refractivity contribution < 1.29 is 5.11 Å². The maximum atomic E-state index is 11.2. The number of aliphatic imine (C=N–C) groups is 1. The van der Waals surface area contributed by atoms with Crippen LogP contribution in [0.1, 0.15) is 52.4 Å². The molecule has 0 unspecified atom stereocenters. The van der Waals surface area contributed by atoms with Gasteiger partial charge in [-0.3, -0.25) is 0 Å². The Kier molecular flexibility index (Phi) is 3.08. The van der Waals surface area contributed by atoms with Gasteiger partial charge in [-0.1, -0.05) is 26.7 Å². The van der Waals surface area contributed by atoms with E-state index in [1.54, 1.807) is 0 Å². The third-order valence-corrected chi connectivity index (χ3v) is 5.22. The molecule has 0 aromatic rings. The first-order chi connectivity index (χ1) is 9.06. The standard InChI is InChI=1S/C15H25N3O/c1-3-4-7-15(19)9(2)8-10-5-6-11-12(10)13(15)18-14(16)17-11/h9-11,19H,3-8H2,1-2H3,(H3,16,17,18)/t9-,10+,11+,15-/m0/s1. The molecule has 0 amide bonds. The predicted molar refractivity (Wildman–Crippen MR) is 76.6 cm³/mol. The van der Waals surface area contributed by atoms with E-state index in [0.29, 0.717) is 17.8 Å². The molecule has 4 N–H and O–H groups in total. The van der Waals surface area contributed by atoms with Gasteiger partial charge in [-0.25, -0.2) is 4.99 Å². The van der Waals surface area contributed by atoms with E-state index >= 15 is 0 Å². The molecule has 4 heteroatoms. The lowest BCUT2D eigenvalue weighted by Gasteiger charge is -2.45. The second kappa shape index (κ2) is 4.51. The van der Waals surface area contributed by atoms with Crippen LogP contribution < -0.4 is 11.1 Å². The summed E-state index contributed by atoms with van der Waals surface area (Å²) in [6, 6.07) is 0.224. The minimum atomic E-state index is -0.731. The summed E-state index contributed by atoms with van der Waals surface area (Å²) in [4.78, 5) is 4.51. The second-order valence-electron chi connectivity index (χ2n) is 6.42. The molecule has 3 aliphatic rings. The maximum Gasteiger partial charge on any atom is 0.193 e. The van der Waals surface area contributed by atoms with Gasteiger partial charge in [0.2, 0.25) is 0 Å². The van der Waals surface area contributed by atoms with Crippen LogP contribution in [0, 0.1) is 11.8 Å². The molecule has 2 aliphatic carbocycles. The molecule has 4 nitrogen and oxygen atoms in total. The lowest BCUT2D eigenvalue weighted by atomic mass is 9.69. The largest absolute Gasteiger partial charge is 0.383 e. The van der Waals surface area contributed by atoms with Crippen molar-refractivity contribution in [1.29, 1.82) is 0 Å². The van der Waals surface area contributed by atoms with Crippen molar-refractivity contribution in [3.8, 4) is 0 Å².